The number of benzene rings is 4. The van der Waals surface area contributed by atoms with Crippen LogP contribution in [0.1, 0.15) is 16.7 Å². The number of halogens is 4. The van der Waals surface area contributed by atoms with E-state index in [1.807, 2.05) is 13.8 Å². The summed E-state index contributed by atoms with van der Waals surface area (Å²) in [7, 11) is -8.44. The first-order chi connectivity index (χ1) is 20.1. The molecular weight excluding hydrogens is 627 g/mol. The summed E-state index contributed by atoms with van der Waals surface area (Å²) < 4.78 is 95.2. The predicted octanol–water partition coefficient (Wildman–Crippen LogP) is 6.61. The molecule has 0 aliphatic carbocycles. The zero-order chi connectivity index (χ0) is 31.6. The van der Waals surface area contributed by atoms with Gasteiger partial charge < -0.3 is 5.32 Å². The molecule has 0 aromatic heterocycles. The van der Waals surface area contributed by atoms with Gasteiger partial charge in [-0.3, -0.25) is 13.8 Å². The fourth-order valence-electron chi connectivity index (χ4n) is 3.98. The monoisotopic (exact) mass is 651 g/mol. The zero-order valence-electron chi connectivity index (χ0n) is 22.7. The van der Waals surface area contributed by atoms with E-state index in [1.54, 1.807) is 36.4 Å². The van der Waals surface area contributed by atoms with Gasteiger partial charge in [0.2, 0.25) is 5.91 Å². The van der Waals surface area contributed by atoms with Crippen molar-refractivity contribution < 1.29 is 34.8 Å². The van der Waals surface area contributed by atoms with Crippen molar-refractivity contribution in [1.82, 2.24) is 0 Å². The number of aryl methyl sites for hydroxylation is 2. The maximum atomic E-state index is 13.5. The molecule has 0 atom stereocenters. The summed E-state index contributed by atoms with van der Waals surface area (Å²) in [5.41, 5.74) is 0.658. The van der Waals surface area contributed by atoms with Crippen molar-refractivity contribution in [3.63, 3.8) is 0 Å². The van der Waals surface area contributed by atoms with E-state index < -0.39 is 49.3 Å². The minimum absolute atomic E-state index is 0.00821. The maximum Gasteiger partial charge on any atom is 0.417 e. The SMILES string of the molecule is Cc1ccc(N(CC(=O)Nc2ccc(S(=O)(=O)Nc3ccc(Cl)c(C(F)(F)F)c3)cc2)S(=O)(=O)c2ccccc2)cc1C. The first-order valence-electron chi connectivity index (χ1n) is 12.5. The van der Waals surface area contributed by atoms with Gasteiger partial charge in [0.25, 0.3) is 20.0 Å². The van der Waals surface area contributed by atoms with Crippen LogP contribution in [0.4, 0.5) is 30.2 Å². The Balaban J connectivity index is 1.53. The third-order valence-corrected chi connectivity index (χ3v) is 9.88. The molecule has 0 radical (unpaired) electrons. The zero-order valence-corrected chi connectivity index (χ0v) is 25.1. The van der Waals surface area contributed by atoms with Gasteiger partial charge in [-0.25, -0.2) is 16.8 Å². The largest absolute Gasteiger partial charge is 0.417 e. The molecule has 8 nitrogen and oxygen atoms in total. The average molecular weight is 652 g/mol. The molecule has 4 aromatic rings. The lowest BCUT2D eigenvalue weighted by Crippen LogP contribution is -2.38. The number of amides is 1. The third kappa shape index (κ3) is 7.48. The summed E-state index contributed by atoms with van der Waals surface area (Å²) in [6.07, 6.45) is -4.79. The lowest BCUT2D eigenvalue weighted by atomic mass is 10.1. The number of sulfonamides is 2. The molecule has 14 heteroatoms. The molecule has 0 fully saturated rings. The van der Waals surface area contributed by atoms with Gasteiger partial charge in [-0.2, -0.15) is 13.2 Å². The minimum atomic E-state index is -4.79. The van der Waals surface area contributed by atoms with Crippen LogP contribution in [0.5, 0.6) is 0 Å². The lowest BCUT2D eigenvalue weighted by Gasteiger charge is -2.25. The van der Waals surface area contributed by atoms with E-state index in [2.05, 4.69) is 10.0 Å². The van der Waals surface area contributed by atoms with Gasteiger partial charge in [0.15, 0.2) is 0 Å². The number of carbonyl (C=O) groups is 1. The molecule has 0 bridgehead atoms. The highest BCUT2D eigenvalue weighted by Gasteiger charge is 2.34. The quantitative estimate of drug-likeness (QED) is 0.212. The van der Waals surface area contributed by atoms with Gasteiger partial charge in [0, 0.05) is 11.4 Å². The van der Waals surface area contributed by atoms with Crippen LogP contribution in [-0.4, -0.2) is 29.3 Å². The summed E-state index contributed by atoms with van der Waals surface area (Å²) in [4.78, 5) is 12.7. The van der Waals surface area contributed by atoms with Crippen molar-refractivity contribution >= 4 is 54.6 Å². The second-order valence-electron chi connectivity index (χ2n) is 9.46. The first-order valence-corrected chi connectivity index (χ1v) is 15.8. The van der Waals surface area contributed by atoms with E-state index in [-0.39, 0.29) is 26.9 Å². The lowest BCUT2D eigenvalue weighted by molar-refractivity contribution is -0.137. The van der Waals surface area contributed by atoms with E-state index in [0.29, 0.717) is 6.07 Å². The van der Waals surface area contributed by atoms with Gasteiger partial charge >= 0.3 is 6.18 Å². The highest BCUT2D eigenvalue weighted by molar-refractivity contribution is 7.93. The normalized spacial score (nSPS) is 12.0. The summed E-state index contributed by atoms with van der Waals surface area (Å²) in [5, 5.41) is 1.97. The molecule has 2 N–H and O–H groups in total. The second kappa shape index (κ2) is 12.3. The number of alkyl halides is 3. The Morgan fingerprint density at radius 3 is 2.02 bits per heavy atom. The Hall–Kier alpha value is -4.07. The van der Waals surface area contributed by atoms with Crippen LogP contribution in [-0.2, 0) is 31.0 Å². The molecule has 0 saturated carbocycles. The fraction of sp³-hybridized carbons (Fsp3) is 0.138. The molecule has 0 aliphatic heterocycles. The van der Waals surface area contributed by atoms with Gasteiger partial charge in [0.05, 0.1) is 26.1 Å². The second-order valence-corrected chi connectivity index (χ2v) is 13.4. The molecule has 0 saturated heterocycles. The number of hydrogen-bond donors (Lipinski definition) is 2. The van der Waals surface area contributed by atoms with Crippen LogP contribution in [0.3, 0.4) is 0 Å². The first kappa shape index (κ1) is 31.9. The van der Waals surface area contributed by atoms with Gasteiger partial charge in [-0.1, -0.05) is 35.9 Å². The van der Waals surface area contributed by atoms with Crippen LogP contribution in [0, 0.1) is 13.8 Å². The van der Waals surface area contributed by atoms with Crippen LogP contribution in [0.25, 0.3) is 0 Å². The molecule has 0 unspecified atom stereocenters. The fourth-order valence-corrected chi connectivity index (χ4v) is 6.69. The van der Waals surface area contributed by atoms with Crippen molar-refractivity contribution in [1.29, 1.82) is 0 Å². The van der Waals surface area contributed by atoms with Crippen molar-refractivity contribution in [2.24, 2.45) is 0 Å². The number of hydrogen-bond acceptors (Lipinski definition) is 5. The van der Waals surface area contributed by atoms with Crippen molar-refractivity contribution in [2.45, 2.75) is 29.8 Å². The predicted molar refractivity (Wildman–Crippen MR) is 159 cm³/mol. The topological polar surface area (TPSA) is 113 Å². The molecule has 0 spiro atoms. The Kier molecular flexibility index (Phi) is 9.09. The Morgan fingerprint density at radius 1 is 0.791 bits per heavy atom. The molecule has 43 heavy (non-hydrogen) atoms. The van der Waals surface area contributed by atoms with Gasteiger partial charge in [0.1, 0.15) is 6.54 Å². The van der Waals surface area contributed by atoms with E-state index in [0.717, 1.165) is 39.7 Å². The molecule has 0 aliphatic rings. The smallest absolute Gasteiger partial charge is 0.325 e. The molecule has 4 aromatic carbocycles. The van der Waals surface area contributed by atoms with E-state index in [9.17, 15) is 34.8 Å². The summed E-state index contributed by atoms with van der Waals surface area (Å²) in [6.45, 7) is 3.11. The van der Waals surface area contributed by atoms with E-state index >= 15 is 0 Å². The van der Waals surface area contributed by atoms with Crippen LogP contribution >= 0.6 is 11.6 Å². The van der Waals surface area contributed by atoms with Crippen molar-refractivity contribution in [2.75, 3.05) is 20.9 Å². The summed E-state index contributed by atoms with van der Waals surface area (Å²) >= 11 is 5.60. The summed E-state index contributed by atoms with van der Waals surface area (Å²) in [6, 6.07) is 20.1. The molecule has 0 heterocycles. The molecular formula is C29H25ClF3N3O5S2. The van der Waals surface area contributed by atoms with Crippen molar-refractivity contribution in [3.8, 4) is 0 Å². The molecule has 226 valence electrons. The number of nitrogens with one attached hydrogen (secondary N) is 2. The standard InChI is InChI=1S/C29H25ClF3N3O5S2/c1-19-8-12-23(16-20(19)2)36(43(40,41)25-6-4-3-5-7-25)18-28(37)34-21-9-13-24(14-10-21)42(38,39)35-22-11-15-27(30)26(17-22)29(31,32)33/h3-17,35H,18H2,1-2H3,(H,34,37). The maximum absolute atomic E-state index is 13.5. The van der Waals surface area contributed by atoms with Gasteiger partial charge in [-0.15, -0.1) is 0 Å². The Labute approximate surface area is 252 Å². The van der Waals surface area contributed by atoms with E-state index in [1.165, 1.54) is 24.3 Å². The Bertz CT molecular complexity index is 1870. The van der Waals surface area contributed by atoms with Crippen molar-refractivity contribution in [3.05, 3.63) is 113 Å². The van der Waals surface area contributed by atoms with Gasteiger partial charge in [-0.05, 0) is 91.7 Å². The highest BCUT2D eigenvalue weighted by atomic mass is 35.5. The molecule has 4 rings (SSSR count). The molecule has 1 amide bonds. The summed E-state index contributed by atoms with van der Waals surface area (Å²) in [5.74, 6) is -0.702. The third-order valence-electron chi connectivity index (χ3n) is 6.37. The number of nitrogens with zero attached hydrogens (tertiary/aromatic N) is 1. The van der Waals surface area contributed by atoms with Crippen LogP contribution in [0.2, 0.25) is 5.02 Å². The van der Waals surface area contributed by atoms with E-state index in [4.69, 9.17) is 11.6 Å². The number of rotatable bonds is 9. The average Bonchev–Trinajstić information content (AvgIpc) is 2.94. The number of anilines is 3. The number of carbonyl (C=O) groups excluding carboxylic acids is 1. The highest BCUT2D eigenvalue weighted by Crippen LogP contribution is 2.36. The minimum Gasteiger partial charge on any atom is -0.325 e. The Morgan fingerprint density at radius 2 is 1.42 bits per heavy atom. The van der Waals surface area contributed by atoms with Crippen LogP contribution < -0.4 is 14.3 Å². The van der Waals surface area contributed by atoms with Crippen LogP contribution in [0.15, 0.2) is 101 Å².